The number of piperidine rings is 1. The molecule has 3 nitrogen and oxygen atoms in total. The third kappa shape index (κ3) is 5.25. The van der Waals surface area contributed by atoms with Gasteiger partial charge in [-0.15, -0.1) is 0 Å². The minimum absolute atomic E-state index is 0.680. The zero-order chi connectivity index (χ0) is 13.4. The van der Waals surface area contributed by atoms with Crippen molar-refractivity contribution in [1.29, 1.82) is 0 Å². The van der Waals surface area contributed by atoms with Gasteiger partial charge in [0.25, 0.3) is 0 Å². The maximum atomic E-state index is 3.72. The van der Waals surface area contributed by atoms with Crippen molar-refractivity contribution in [1.82, 2.24) is 15.1 Å². The van der Waals surface area contributed by atoms with Crippen molar-refractivity contribution in [2.75, 3.05) is 45.8 Å². The Morgan fingerprint density at radius 2 is 1.78 bits per heavy atom. The lowest BCUT2D eigenvalue weighted by Gasteiger charge is -2.34. The lowest BCUT2D eigenvalue weighted by atomic mass is 9.90. The van der Waals surface area contributed by atoms with Crippen molar-refractivity contribution in [3.05, 3.63) is 0 Å². The molecule has 1 N–H and O–H groups in total. The predicted molar refractivity (Wildman–Crippen MR) is 80.1 cm³/mol. The molecular formula is C15H33N3. The summed E-state index contributed by atoms with van der Waals surface area (Å²) in [6, 6.07) is 0.680. The van der Waals surface area contributed by atoms with E-state index < -0.39 is 0 Å². The van der Waals surface area contributed by atoms with Crippen molar-refractivity contribution < 1.29 is 0 Å². The van der Waals surface area contributed by atoms with E-state index in [0.29, 0.717) is 6.04 Å². The Morgan fingerprint density at radius 1 is 1.17 bits per heavy atom. The zero-order valence-electron chi connectivity index (χ0n) is 12.9. The Kier molecular flexibility index (Phi) is 7.87. The Bertz CT molecular complexity index is 196. The summed E-state index contributed by atoms with van der Waals surface area (Å²) in [7, 11) is 0. The Balaban J connectivity index is 2.15. The molecule has 108 valence electrons. The van der Waals surface area contributed by atoms with Gasteiger partial charge in [0.2, 0.25) is 0 Å². The van der Waals surface area contributed by atoms with Crippen LogP contribution in [0.5, 0.6) is 0 Å². The molecule has 1 rings (SSSR count). The number of nitrogens with one attached hydrogen (secondary N) is 1. The third-order valence-electron chi connectivity index (χ3n) is 4.58. The van der Waals surface area contributed by atoms with Crippen LogP contribution in [0.15, 0.2) is 0 Å². The maximum absolute atomic E-state index is 3.72. The summed E-state index contributed by atoms with van der Waals surface area (Å²) in [5.41, 5.74) is 0. The van der Waals surface area contributed by atoms with Crippen LogP contribution in [0.2, 0.25) is 0 Å². The molecule has 0 aromatic rings. The first kappa shape index (κ1) is 15.9. The lowest BCUT2D eigenvalue weighted by molar-refractivity contribution is 0.167. The summed E-state index contributed by atoms with van der Waals surface area (Å²) >= 11 is 0. The van der Waals surface area contributed by atoms with Crippen molar-refractivity contribution in [2.24, 2.45) is 5.92 Å². The van der Waals surface area contributed by atoms with Crippen molar-refractivity contribution in [3.63, 3.8) is 0 Å². The molecule has 1 saturated heterocycles. The number of rotatable bonds is 8. The molecule has 1 unspecified atom stereocenters. The van der Waals surface area contributed by atoms with Crippen LogP contribution in [0, 0.1) is 5.92 Å². The molecule has 0 spiro atoms. The van der Waals surface area contributed by atoms with Gasteiger partial charge in [-0.3, -0.25) is 0 Å². The summed E-state index contributed by atoms with van der Waals surface area (Å²) in [6.45, 7) is 17.6. The van der Waals surface area contributed by atoms with Crippen LogP contribution < -0.4 is 5.32 Å². The minimum atomic E-state index is 0.680. The van der Waals surface area contributed by atoms with Gasteiger partial charge in [-0.25, -0.2) is 0 Å². The van der Waals surface area contributed by atoms with E-state index in [2.05, 4.69) is 42.8 Å². The van der Waals surface area contributed by atoms with Gasteiger partial charge in [0.15, 0.2) is 0 Å². The fourth-order valence-corrected chi connectivity index (χ4v) is 2.93. The van der Waals surface area contributed by atoms with E-state index in [9.17, 15) is 0 Å². The first-order chi connectivity index (χ1) is 8.71. The topological polar surface area (TPSA) is 18.5 Å². The molecule has 1 atom stereocenters. The highest BCUT2D eigenvalue weighted by molar-refractivity contribution is 4.79. The summed E-state index contributed by atoms with van der Waals surface area (Å²) in [5, 5.41) is 3.72. The quantitative estimate of drug-likeness (QED) is 0.716. The Morgan fingerprint density at radius 3 is 2.28 bits per heavy atom. The smallest absolute Gasteiger partial charge is 0.0107 e. The highest BCUT2D eigenvalue weighted by atomic mass is 15.1. The molecule has 1 aliphatic heterocycles. The van der Waals surface area contributed by atoms with E-state index in [4.69, 9.17) is 0 Å². The van der Waals surface area contributed by atoms with Crippen LogP contribution in [0.4, 0.5) is 0 Å². The molecule has 0 bridgehead atoms. The zero-order valence-corrected chi connectivity index (χ0v) is 12.9. The van der Waals surface area contributed by atoms with Crippen LogP contribution in [0.3, 0.4) is 0 Å². The number of hydrogen-bond acceptors (Lipinski definition) is 3. The van der Waals surface area contributed by atoms with E-state index in [-0.39, 0.29) is 0 Å². The highest BCUT2D eigenvalue weighted by Crippen LogP contribution is 2.20. The fraction of sp³-hybridized carbons (Fsp3) is 1.00. The lowest BCUT2D eigenvalue weighted by Crippen LogP contribution is -2.44. The molecule has 0 amide bonds. The molecular weight excluding hydrogens is 222 g/mol. The summed E-state index contributed by atoms with van der Waals surface area (Å²) in [4.78, 5) is 5.05. The van der Waals surface area contributed by atoms with E-state index in [1.807, 2.05) is 0 Å². The number of hydrogen-bond donors (Lipinski definition) is 1. The number of likely N-dealkylation sites (tertiary alicyclic amines) is 1. The molecule has 0 aliphatic carbocycles. The van der Waals surface area contributed by atoms with Gasteiger partial charge in [0.1, 0.15) is 0 Å². The molecule has 0 aromatic heterocycles. The van der Waals surface area contributed by atoms with Gasteiger partial charge in [0.05, 0.1) is 0 Å². The second kappa shape index (κ2) is 8.89. The van der Waals surface area contributed by atoms with Crippen LogP contribution in [-0.2, 0) is 0 Å². The van der Waals surface area contributed by atoms with Gasteiger partial charge in [0, 0.05) is 19.1 Å². The number of likely N-dealkylation sites (N-methyl/N-ethyl adjacent to an activating group) is 1. The predicted octanol–water partition coefficient (Wildman–Crippen LogP) is 2.04. The monoisotopic (exact) mass is 255 g/mol. The average molecular weight is 255 g/mol. The summed E-state index contributed by atoms with van der Waals surface area (Å²) in [5.74, 6) is 0.879. The summed E-state index contributed by atoms with van der Waals surface area (Å²) in [6.07, 6.45) is 2.74. The van der Waals surface area contributed by atoms with Crippen molar-refractivity contribution in [2.45, 2.75) is 46.6 Å². The largest absolute Gasteiger partial charge is 0.313 e. The van der Waals surface area contributed by atoms with Crippen LogP contribution in [0.1, 0.15) is 40.5 Å². The number of nitrogens with zero attached hydrogens (tertiary/aromatic N) is 2. The Hall–Kier alpha value is -0.120. The standard InChI is InChI=1S/C15H33N3/c1-5-17(6-2)13-10-16-14(4)15-8-11-18(7-3)12-9-15/h14-16H,5-13H2,1-4H3. The van der Waals surface area contributed by atoms with Crippen LogP contribution in [0.25, 0.3) is 0 Å². The highest BCUT2D eigenvalue weighted by Gasteiger charge is 2.22. The second-order valence-electron chi connectivity index (χ2n) is 5.54. The van der Waals surface area contributed by atoms with Gasteiger partial charge >= 0.3 is 0 Å². The van der Waals surface area contributed by atoms with Gasteiger partial charge in [-0.05, 0) is 58.4 Å². The molecule has 0 saturated carbocycles. The molecule has 18 heavy (non-hydrogen) atoms. The molecule has 1 fully saturated rings. The Labute approximate surface area is 114 Å². The van der Waals surface area contributed by atoms with E-state index in [1.165, 1.54) is 52.1 Å². The molecule has 0 radical (unpaired) electrons. The van der Waals surface area contributed by atoms with Crippen LogP contribution >= 0.6 is 0 Å². The minimum Gasteiger partial charge on any atom is -0.313 e. The SMILES string of the molecule is CCN(CC)CCNC(C)C1CCN(CC)CC1. The van der Waals surface area contributed by atoms with Gasteiger partial charge in [-0.2, -0.15) is 0 Å². The maximum Gasteiger partial charge on any atom is 0.0107 e. The fourth-order valence-electron chi connectivity index (χ4n) is 2.93. The summed E-state index contributed by atoms with van der Waals surface area (Å²) < 4.78 is 0. The average Bonchev–Trinajstić information content (AvgIpc) is 2.43. The molecule has 1 heterocycles. The molecule has 3 heteroatoms. The van der Waals surface area contributed by atoms with Gasteiger partial charge in [-0.1, -0.05) is 20.8 Å². The van der Waals surface area contributed by atoms with E-state index in [0.717, 1.165) is 12.5 Å². The second-order valence-corrected chi connectivity index (χ2v) is 5.54. The normalized spacial score (nSPS) is 20.5. The van der Waals surface area contributed by atoms with Crippen molar-refractivity contribution in [3.8, 4) is 0 Å². The first-order valence-electron chi connectivity index (χ1n) is 7.89. The van der Waals surface area contributed by atoms with Crippen molar-refractivity contribution >= 4 is 0 Å². The van der Waals surface area contributed by atoms with E-state index >= 15 is 0 Å². The third-order valence-corrected chi connectivity index (χ3v) is 4.58. The molecule has 1 aliphatic rings. The van der Waals surface area contributed by atoms with Crippen LogP contribution in [-0.4, -0.2) is 61.7 Å². The molecule has 0 aromatic carbocycles. The van der Waals surface area contributed by atoms with E-state index in [1.54, 1.807) is 0 Å². The first-order valence-corrected chi connectivity index (χ1v) is 7.89. The van der Waals surface area contributed by atoms with Gasteiger partial charge < -0.3 is 15.1 Å².